The van der Waals surface area contributed by atoms with Crippen molar-refractivity contribution < 1.29 is 28.6 Å². The summed E-state index contributed by atoms with van der Waals surface area (Å²) in [6.45, 7) is 1.43. The molecule has 2 aromatic carbocycles. The maximum Gasteiger partial charge on any atom is 0.342 e. The molecule has 1 saturated carbocycles. The van der Waals surface area contributed by atoms with Gasteiger partial charge in [0.1, 0.15) is 22.0 Å². The van der Waals surface area contributed by atoms with E-state index in [0.29, 0.717) is 33.5 Å². The zero-order chi connectivity index (χ0) is 27.4. The minimum absolute atomic E-state index is 0.194. The molecule has 1 aliphatic rings. The molecule has 0 radical (unpaired) electrons. The summed E-state index contributed by atoms with van der Waals surface area (Å²) in [5.41, 5.74) is 3.27. The van der Waals surface area contributed by atoms with Gasteiger partial charge in [0, 0.05) is 11.8 Å². The van der Waals surface area contributed by atoms with E-state index < -0.39 is 24.5 Å². The number of carbonyl (C=O) groups excluding carboxylic acids is 3. The van der Waals surface area contributed by atoms with Crippen molar-refractivity contribution in [3.63, 3.8) is 0 Å². The lowest BCUT2D eigenvalue weighted by atomic mass is 10.1. The molecule has 10 heteroatoms. The van der Waals surface area contributed by atoms with Crippen LogP contribution in [0, 0.1) is 0 Å². The second-order valence-electron chi connectivity index (χ2n) is 8.92. The van der Waals surface area contributed by atoms with Crippen LogP contribution < -0.4 is 10.1 Å². The van der Waals surface area contributed by atoms with Crippen LogP contribution in [0.4, 0.5) is 5.00 Å². The third kappa shape index (κ3) is 5.85. The predicted octanol–water partition coefficient (Wildman–Crippen LogP) is 5.46. The summed E-state index contributed by atoms with van der Waals surface area (Å²) in [6, 6.07) is 16.5. The first kappa shape index (κ1) is 26.2. The van der Waals surface area contributed by atoms with Gasteiger partial charge >= 0.3 is 11.9 Å². The number of nitrogens with zero attached hydrogens (tertiary/aromatic N) is 2. The highest BCUT2D eigenvalue weighted by molar-refractivity contribution is 7.15. The average Bonchev–Trinajstić information content (AvgIpc) is 3.56. The number of amides is 1. The van der Waals surface area contributed by atoms with Crippen molar-refractivity contribution in [2.75, 3.05) is 25.6 Å². The summed E-state index contributed by atoms with van der Waals surface area (Å²) < 4.78 is 17.5. The van der Waals surface area contributed by atoms with Crippen LogP contribution in [0.5, 0.6) is 5.75 Å². The minimum Gasteiger partial charge on any atom is -0.497 e. The molecule has 5 rings (SSSR count). The Labute approximate surface area is 229 Å². The Morgan fingerprint density at radius 2 is 1.85 bits per heavy atom. The van der Waals surface area contributed by atoms with Crippen molar-refractivity contribution in [3.05, 3.63) is 82.9 Å². The zero-order valence-electron chi connectivity index (χ0n) is 21.5. The lowest BCUT2D eigenvalue weighted by Crippen LogP contribution is -2.22. The highest BCUT2D eigenvalue weighted by Gasteiger charge is 2.32. The van der Waals surface area contributed by atoms with Gasteiger partial charge in [-0.1, -0.05) is 30.3 Å². The molecule has 39 heavy (non-hydrogen) atoms. The first-order valence-electron chi connectivity index (χ1n) is 12.5. The maximum atomic E-state index is 13.2. The summed E-state index contributed by atoms with van der Waals surface area (Å²) in [4.78, 5) is 38.5. The molecule has 2 aromatic heterocycles. The van der Waals surface area contributed by atoms with Gasteiger partial charge in [-0.25, -0.2) is 14.3 Å². The normalized spacial score (nSPS) is 12.6. The number of esters is 2. The second kappa shape index (κ2) is 11.5. The molecule has 0 atom stereocenters. The molecule has 0 bridgehead atoms. The van der Waals surface area contributed by atoms with E-state index in [4.69, 9.17) is 14.2 Å². The number of benzene rings is 2. The van der Waals surface area contributed by atoms with Gasteiger partial charge < -0.3 is 19.5 Å². The Morgan fingerprint density at radius 1 is 1.05 bits per heavy atom. The highest BCUT2D eigenvalue weighted by Crippen LogP contribution is 2.46. The predicted molar refractivity (Wildman–Crippen MR) is 147 cm³/mol. The standard InChI is InChI=1S/C29H27N3O6S/c1-3-37-29(35)25-23(18-12-13-18)17-39-27(25)30-24(33)16-38-28(34)22-15-32(20-9-5-4-6-10-20)31-26(22)19-8-7-11-21(14-19)36-2/h4-11,14-15,17-18H,3,12-13,16H2,1-2H3,(H,30,33). The van der Waals surface area contributed by atoms with E-state index in [0.717, 1.165) is 24.1 Å². The fraction of sp³-hybridized carbons (Fsp3) is 0.241. The van der Waals surface area contributed by atoms with Crippen LogP contribution in [0.1, 0.15) is 52.0 Å². The molecule has 0 spiro atoms. The van der Waals surface area contributed by atoms with E-state index in [-0.39, 0.29) is 12.2 Å². The van der Waals surface area contributed by atoms with Gasteiger partial charge in [0.25, 0.3) is 5.91 Å². The van der Waals surface area contributed by atoms with Crippen LogP contribution in [0.2, 0.25) is 0 Å². The minimum atomic E-state index is -0.708. The first-order chi connectivity index (χ1) is 19.0. The molecule has 200 valence electrons. The number of anilines is 1. The fourth-order valence-electron chi connectivity index (χ4n) is 4.16. The molecule has 9 nitrogen and oxygen atoms in total. The molecule has 0 aliphatic heterocycles. The molecule has 1 aliphatic carbocycles. The Morgan fingerprint density at radius 3 is 2.56 bits per heavy atom. The molecule has 1 N–H and O–H groups in total. The number of rotatable bonds is 10. The second-order valence-corrected chi connectivity index (χ2v) is 9.80. The van der Waals surface area contributed by atoms with Gasteiger partial charge in [-0.3, -0.25) is 4.79 Å². The topological polar surface area (TPSA) is 109 Å². The summed E-state index contributed by atoms with van der Waals surface area (Å²) in [5, 5.41) is 9.61. The number of hydrogen-bond donors (Lipinski definition) is 1. The van der Waals surface area contributed by atoms with Crippen molar-refractivity contribution in [2.45, 2.75) is 25.7 Å². The van der Waals surface area contributed by atoms with Gasteiger partial charge in [0.2, 0.25) is 0 Å². The Hall–Kier alpha value is -4.44. The van der Waals surface area contributed by atoms with Crippen molar-refractivity contribution >= 4 is 34.2 Å². The molecular formula is C29H27N3O6S. The highest BCUT2D eigenvalue weighted by atomic mass is 32.1. The van der Waals surface area contributed by atoms with Crippen LogP contribution in [-0.4, -0.2) is 47.9 Å². The van der Waals surface area contributed by atoms with Crippen LogP contribution in [-0.2, 0) is 14.3 Å². The van der Waals surface area contributed by atoms with Gasteiger partial charge in [0.05, 0.1) is 25.0 Å². The van der Waals surface area contributed by atoms with Gasteiger partial charge in [-0.15, -0.1) is 11.3 Å². The molecule has 0 unspecified atom stereocenters. The SMILES string of the molecule is CCOC(=O)c1c(C2CC2)csc1NC(=O)COC(=O)c1cn(-c2ccccc2)nc1-c1cccc(OC)c1. The van der Waals surface area contributed by atoms with Crippen molar-refractivity contribution in [2.24, 2.45) is 0 Å². The van der Waals surface area contributed by atoms with Gasteiger partial charge in [0.15, 0.2) is 6.61 Å². The Kier molecular flexibility index (Phi) is 7.74. The van der Waals surface area contributed by atoms with E-state index in [1.807, 2.05) is 41.8 Å². The Balaban J connectivity index is 1.35. The van der Waals surface area contributed by atoms with Crippen LogP contribution in [0.15, 0.2) is 66.2 Å². The number of hydrogen-bond acceptors (Lipinski definition) is 8. The summed E-state index contributed by atoms with van der Waals surface area (Å²) in [7, 11) is 1.56. The molecular weight excluding hydrogens is 518 g/mol. The third-order valence-corrected chi connectivity index (χ3v) is 7.12. The monoisotopic (exact) mass is 545 g/mol. The van der Waals surface area contributed by atoms with Gasteiger partial charge in [-0.2, -0.15) is 5.10 Å². The first-order valence-corrected chi connectivity index (χ1v) is 13.4. The number of aromatic nitrogens is 2. The quantitative estimate of drug-likeness (QED) is 0.264. The maximum absolute atomic E-state index is 13.2. The van der Waals surface area contributed by atoms with Crippen LogP contribution >= 0.6 is 11.3 Å². The number of methoxy groups -OCH3 is 1. The number of nitrogens with one attached hydrogen (secondary N) is 1. The van der Waals surface area contributed by atoms with Gasteiger partial charge in [-0.05, 0) is 60.9 Å². The van der Waals surface area contributed by atoms with Crippen molar-refractivity contribution in [3.8, 4) is 22.7 Å². The summed E-state index contributed by atoms with van der Waals surface area (Å²) >= 11 is 1.26. The lowest BCUT2D eigenvalue weighted by Gasteiger charge is -2.09. The largest absolute Gasteiger partial charge is 0.497 e. The third-order valence-electron chi connectivity index (χ3n) is 6.20. The van der Waals surface area contributed by atoms with E-state index in [1.54, 1.807) is 43.1 Å². The van der Waals surface area contributed by atoms with Crippen molar-refractivity contribution in [1.82, 2.24) is 9.78 Å². The fourth-order valence-corrected chi connectivity index (χ4v) is 5.21. The number of para-hydroxylation sites is 1. The van der Waals surface area contributed by atoms with Crippen LogP contribution in [0.3, 0.4) is 0 Å². The molecule has 1 fully saturated rings. The molecule has 2 heterocycles. The number of ether oxygens (including phenoxy) is 3. The molecule has 4 aromatic rings. The summed E-state index contributed by atoms with van der Waals surface area (Å²) in [5.74, 6) is -0.819. The number of carbonyl (C=O) groups is 3. The lowest BCUT2D eigenvalue weighted by molar-refractivity contribution is -0.119. The van der Waals surface area contributed by atoms with E-state index in [2.05, 4.69) is 10.4 Å². The molecule has 1 amide bonds. The van der Waals surface area contributed by atoms with E-state index >= 15 is 0 Å². The van der Waals surface area contributed by atoms with Crippen LogP contribution in [0.25, 0.3) is 16.9 Å². The van der Waals surface area contributed by atoms with E-state index in [1.165, 1.54) is 11.3 Å². The zero-order valence-corrected chi connectivity index (χ0v) is 22.3. The average molecular weight is 546 g/mol. The summed E-state index contributed by atoms with van der Waals surface area (Å²) in [6.07, 6.45) is 3.57. The molecule has 0 saturated heterocycles. The van der Waals surface area contributed by atoms with E-state index in [9.17, 15) is 14.4 Å². The number of thiophene rings is 1. The smallest absolute Gasteiger partial charge is 0.342 e. The Bertz CT molecular complexity index is 1510. The van der Waals surface area contributed by atoms with Crippen molar-refractivity contribution in [1.29, 1.82) is 0 Å².